The summed E-state index contributed by atoms with van der Waals surface area (Å²) in [6.45, 7) is 3.81. The summed E-state index contributed by atoms with van der Waals surface area (Å²) < 4.78 is 25.1. The lowest BCUT2D eigenvalue weighted by Crippen LogP contribution is -2.14. The molecule has 110 valence electrons. The summed E-state index contributed by atoms with van der Waals surface area (Å²) in [6, 6.07) is 12.1. The van der Waals surface area contributed by atoms with E-state index in [1.165, 1.54) is 6.07 Å². The van der Waals surface area contributed by atoms with Crippen molar-refractivity contribution in [1.29, 1.82) is 0 Å². The SMILES string of the molecule is Cc1ccc(C)c(NC(=O)c2ccccc2SC(F)F)c1. The van der Waals surface area contributed by atoms with Gasteiger partial charge in [-0.2, -0.15) is 8.78 Å². The number of amides is 1. The molecule has 0 aliphatic rings. The Morgan fingerprint density at radius 3 is 2.57 bits per heavy atom. The van der Waals surface area contributed by atoms with Crippen LogP contribution in [0.2, 0.25) is 0 Å². The second kappa shape index (κ2) is 6.72. The topological polar surface area (TPSA) is 29.1 Å². The summed E-state index contributed by atoms with van der Waals surface area (Å²) in [5, 5.41) is 2.78. The number of hydrogen-bond donors (Lipinski definition) is 1. The quantitative estimate of drug-likeness (QED) is 0.816. The second-order valence-corrected chi connectivity index (χ2v) is 5.68. The van der Waals surface area contributed by atoms with Gasteiger partial charge in [0.2, 0.25) is 0 Å². The van der Waals surface area contributed by atoms with E-state index in [1.54, 1.807) is 18.2 Å². The summed E-state index contributed by atoms with van der Waals surface area (Å²) in [5.74, 6) is -2.94. The molecule has 0 heterocycles. The molecule has 2 nitrogen and oxygen atoms in total. The zero-order valence-corrected chi connectivity index (χ0v) is 12.5. The van der Waals surface area contributed by atoms with E-state index in [0.29, 0.717) is 17.4 Å². The van der Waals surface area contributed by atoms with Gasteiger partial charge in [0.1, 0.15) is 0 Å². The van der Waals surface area contributed by atoms with Crippen molar-refractivity contribution in [2.24, 2.45) is 0 Å². The number of thioether (sulfide) groups is 1. The van der Waals surface area contributed by atoms with E-state index >= 15 is 0 Å². The number of halogens is 2. The van der Waals surface area contributed by atoms with Crippen molar-refractivity contribution in [1.82, 2.24) is 0 Å². The minimum atomic E-state index is -2.56. The van der Waals surface area contributed by atoms with Crippen molar-refractivity contribution in [2.45, 2.75) is 24.5 Å². The van der Waals surface area contributed by atoms with E-state index in [9.17, 15) is 13.6 Å². The molecule has 0 aliphatic carbocycles. The molecule has 0 atom stereocenters. The molecule has 0 bridgehead atoms. The lowest BCUT2D eigenvalue weighted by atomic mass is 10.1. The first kappa shape index (κ1) is 15.5. The van der Waals surface area contributed by atoms with Crippen molar-refractivity contribution in [3.05, 3.63) is 59.2 Å². The first-order valence-corrected chi connectivity index (χ1v) is 7.28. The normalized spacial score (nSPS) is 10.7. The van der Waals surface area contributed by atoms with Crippen LogP contribution in [-0.2, 0) is 0 Å². The predicted octanol–water partition coefficient (Wildman–Crippen LogP) is 4.87. The highest BCUT2D eigenvalue weighted by atomic mass is 32.2. The van der Waals surface area contributed by atoms with Gasteiger partial charge in [0, 0.05) is 10.6 Å². The van der Waals surface area contributed by atoms with Gasteiger partial charge in [0.25, 0.3) is 11.7 Å². The molecular formula is C16H15F2NOS. The van der Waals surface area contributed by atoms with E-state index in [0.717, 1.165) is 11.1 Å². The summed E-state index contributed by atoms with van der Waals surface area (Å²) >= 11 is 0.377. The Morgan fingerprint density at radius 2 is 1.86 bits per heavy atom. The number of rotatable bonds is 4. The van der Waals surface area contributed by atoms with Crippen LogP contribution < -0.4 is 5.32 Å². The number of carbonyl (C=O) groups excluding carboxylic acids is 1. The van der Waals surface area contributed by atoms with E-state index in [4.69, 9.17) is 0 Å². The average molecular weight is 307 g/mol. The Labute approximate surface area is 126 Å². The Bertz CT molecular complexity index is 658. The van der Waals surface area contributed by atoms with Crippen LogP contribution in [0.5, 0.6) is 0 Å². The average Bonchev–Trinajstić information content (AvgIpc) is 2.42. The third-order valence-electron chi connectivity index (χ3n) is 2.99. The number of aryl methyl sites for hydroxylation is 2. The highest BCUT2D eigenvalue weighted by Gasteiger charge is 2.15. The molecule has 0 unspecified atom stereocenters. The molecule has 2 aromatic carbocycles. The molecule has 0 fully saturated rings. The van der Waals surface area contributed by atoms with Crippen LogP contribution in [-0.4, -0.2) is 11.7 Å². The van der Waals surface area contributed by atoms with Crippen LogP contribution in [0.4, 0.5) is 14.5 Å². The molecule has 2 rings (SSSR count). The van der Waals surface area contributed by atoms with Crippen LogP contribution >= 0.6 is 11.8 Å². The molecule has 1 amide bonds. The van der Waals surface area contributed by atoms with Crippen LogP contribution in [0.3, 0.4) is 0 Å². The molecular weight excluding hydrogens is 292 g/mol. The van der Waals surface area contributed by atoms with Crippen LogP contribution in [0.1, 0.15) is 21.5 Å². The van der Waals surface area contributed by atoms with Crippen molar-refractivity contribution >= 4 is 23.4 Å². The summed E-state index contributed by atoms with van der Waals surface area (Å²) in [5.41, 5.74) is 2.89. The lowest BCUT2D eigenvalue weighted by molar-refractivity contribution is 0.102. The Balaban J connectivity index is 2.26. The minimum absolute atomic E-state index is 0.253. The maximum Gasteiger partial charge on any atom is 0.288 e. The van der Waals surface area contributed by atoms with Crippen LogP contribution in [0, 0.1) is 13.8 Å². The van der Waals surface area contributed by atoms with E-state index < -0.39 is 5.76 Å². The van der Waals surface area contributed by atoms with Crippen molar-refractivity contribution < 1.29 is 13.6 Å². The Hall–Kier alpha value is -1.88. The lowest BCUT2D eigenvalue weighted by Gasteiger charge is -2.12. The third kappa shape index (κ3) is 4.04. The minimum Gasteiger partial charge on any atom is -0.322 e. The second-order valence-electron chi connectivity index (χ2n) is 4.65. The largest absolute Gasteiger partial charge is 0.322 e. The maximum absolute atomic E-state index is 12.5. The van der Waals surface area contributed by atoms with Gasteiger partial charge in [-0.05, 0) is 43.2 Å². The summed E-state index contributed by atoms with van der Waals surface area (Å²) in [4.78, 5) is 12.6. The van der Waals surface area contributed by atoms with E-state index in [-0.39, 0.29) is 16.4 Å². The number of benzene rings is 2. The predicted molar refractivity (Wildman–Crippen MR) is 82.2 cm³/mol. The van der Waals surface area contributed by atoms with Crippen molar-refractivity contribution in [3.63, 3.8) is 0 Å². The van der Waals surface area contributed by atoms with Gasteiger partial charge < -0.3 is 5.32 Å². The Morgan fingerprint density at radius 1 is 1.14 bits per heavy atom. The fraction of sp³-hybridized carbons (Fsp3) is 0.188. The van der Waals surface area contributed by atoms with Crippen molar-refractivity contribution in [3.8, 4) is 0 Å². The fourth-order valence-corrected chi connectivity index (χ4v) is 2.55. The van der Waals surface area contributed by atoms with E-state index in [1.807, 2.05) is 32.0 Å². The summed E-state index contributed by atoms with van der Waals surface area (Å²) in [7, 11) is 0. The van der Waals surface area contributed by atoms with Gasteiger partial charge in [-0.1, -0.05) is 36.0 Å². The maximum atomic E-state index is 12.5. The standard InChI is InChI=1S/C16H15F2NOS/c1-10-7-8-11(2)13(9-10)19-15(20)12-5-3-4-6-14(12)21-16(17)18/h3-9,16H,1-2H3,(H,19,20). The molecule has 1 N–H and O–H groups in total. The van der Waals surface area contributed by atoms with E-state index in [2.05, 4.69) is 5.32 Å². The molecule has 0 aromatic heterocycles. The smallest absolute Gasteiger partial charge is 0.288 e. The monoisotopic (exact) mass is 307 g/mol. The zero-order valence-electron chi connectivity index (χ0n) is 11.7. The molecule has 21 heavy (non-hydrogen) atoms. The van der Waals surface area contributed by atoms with Gasteiger partial charge in [-0.3, -0.25) is 4.79 Å². The summed E-state index contributed by atoms with van der Waals surface area (Å²) in [6.07, 6.45) is 0. The van der Waals surface area contributed by atoms with Gasteiger partial charge in [-0.25, -0.2) is 0 Å². The van der Waals surface area contributed by atoms with Crippen molar-refractivity contribution in [2.75, 3.05) is 5.32 Å². The molecule has 2 aromatic rings. The number of carbonyl (C=O) groups is 1. The number of anilines is 1. The van der Waals surface area contributed by atoms with Gasteiger partial charge in [0.05, 0.1) is 5.56 Å². The number of nitrogens with one attached hydrogen (secondary N) is 1. The van der Waals surface area contributed by atoms with Crippen LogP contribution in [0.15, 0.2) is 47.4 Å². The van der Waals surface area contributed by atoms with Crippen LogP contribution in [0.25, 0.3) is 0 Å². The highest BCUT2D eigenvalue weighted by Crippen LogP contribution is 2.29. The third-order valence-corrected chi connectivity index (χ3v) is 3.78. The molecule has 0 aliphatic heterocycles. The molecule has 0 spiro atoms. The molecule has 0 saturated heterocycles. The fourth-order valence-electron chi connectivity index (χ4n) is 1.91. The first-order chi connectivity index (χ1) is 9.97. The Kier molecular flexibility index (Phi) is 4.96. The van der Waals surface area contributed by atoms with Gasteiger partial charge >= 0.3 is 0 Å². The van der Waals surface area contributed by atoms with Gasteiger partial charge in [0.15, 0.2) is 0 Å². The number of alkyl halides is 2. The number of hydrogen-bond acceptors (Lipinski definition) is 2. The first-order valence-electron chi connectivity index (χ1n) is 6.40. The molecule has 0 radical (unpaired) electrons. The zero-order chi connectivity index (χ0) is 15.4. The highest BCUT2D eigenvalue weighted by molar-refractivity contribution is 7.99. The molecule has 0 saturated carbocycles. The van der Waals surface area contributed by atoms with Gasteiger partial charge in [-0.15, -0.1) is 0 Å². The molecule has 5 heteroatoms.